The number of aliphatic carboxylic acids is 1. The predicted molar refractivity (Wildman–Crippen MR) is 65.2 cm³/mol. The largest absolute Gasteiger partial charge is 0.481 e. The number of sulfonamides is 1. The Morgan fingerprint density at radius 2 is 2.00 bits per heavy atom. The van der Waals surface area contributed by atoms with E-state index in [1.807, 2.05) is 0 Å². The Labute approximate surface area is 103 Å². The third-order valence-corrected chi connectivity index (χ3v) is 5.62. The third kappa shape index (κ3) is 3.42. The third-order valence-electron chi connectivity index (χ3n) is 3.06. The number of carbonyl (C=O) groups is 1. The Morgan fingerprint density at radius 1 is 1.41 bits per heavy atom. The van der Waals surface area contributed by atoms with Crippen LogP contribution in [0.5, 0.6) is 0 Å². The molecule has 1 unspecified atom stereocenters. The highest BCUT2D eigenvalue weighted by Crippen LogP contribution is 2.27. The highest BCUT2D eigenvalue weighted by atomic mass is 32.2. The van der Waals surface area contributed by atoms with E-state index in [4.69, 9.17) is 5.11 Å². The average molecular weight is 263 g/mol. The van der Waals surface area contributed by atoms with E-state index in [2.05, 4.69) is 0 Å². The predicted octanol–water partition coefficient (Wildman–Crippen LogP) is 1.30. The van der Waals surface area contributed by atoms with Crippen LogP contribution in [0.25, 0.3) is 0 Å². The van der Waals surface area contributed by atoms with Gasteiger partial charge in [-0.25, -0.2) is 12.7 Å². The molecule has 0 spiro atoms. The molecular weight excluding hydrogens is 242 g/mol. The molecule has 5 nitrogen and oxygen atoms in total. The Bertz CT molecular complexity index is 383. The van der Waals surface area contributed by atoms with Crippen LogP contribution < -0.4 is 0 Å². The van der Waals surface area contributed by atoms with E-state index < -0.39 is 20.7 Å². The standard InChI is InChI=1S/C11H21NO4S/c1-11(2,3)17(15,16)12-6-4-5-9(8-12)7-10(13)14/h9H,4-8H2,1-3H3,(H,13,14). The minimum absolute atomic E-state index is 0.0517. The van der Waals surface area contributed by atoms with Crippen LogP contribution in [0.3, 0.4) is 0 Å². The number of carboxylic acids is 1. The highest BCUT2D eigenvalue weighted by molar-refractivity contribution is 7.90. The zero-order valence-electron chi connectivity index (χ0n) is 10.6. The van der Waals surface area contributed by atoms with Crippen molar-refractivity contribution in [1.82, 2.24) is 4.31 Å². The van der Waals surface area contributed by atoms with Crippen LogP contribution >= 0.6 is 0 Å². The van der Waals surface area contributed by atoms with Crippen molar-refractivity contribution in [3.8, 4) is 0 Å². The fraction of sp³-hybridized carbons (Fsp3) is 0.909. The van der Waals surface area contributed by atoms with Crippen molar-refractivity contribution in [2.75, 3.05) is 13.1 Å². The van der Waals surface area contributed by atoms with Crippen molar-refractivity contribution in [3.63, 3.8) is 0 Å². The quantitative estimate of drug-likeness (QED) is 0.833. The second-order valence-corrected chi connectivity index (χ2v) is 8.27. The van der Waals surface area contributed by atoms with E-state index in [1.54, 1.807) is 20.8 Å². The van der Waals surface area contributed by atoms with Gasteiger partial charge in [0.05, 0.1) is 4.75 Å². The number of carboxylic acid groups (broad SMARTS) is 1. The Balaban J connectivity index is 2.77. The minimum atomic E-state index is -3.33. The summed E-state index contributed by atoms with van der Waals surface area (Å²) in [6, 6.07) is 0. The summed E-state index contributed by atoms with van der Waals surface area (Å²) in [5, 5.41) is 8.75. The normalized spacial score (nSPS) is 23.6. The van der Waals surface area contributed by atoms with Crippen molar-refractivity contribution in [2.45, 2.75) is 44.8 Å². The topological polar surface area (TPSA) is 74.7 Å². The van der Waals surface area contributed by atoms with Gasteiger partial charge < -0.3 is 5.11 Å². The van der Waals surface area contributed by atoms with Crippen LogP contribution in [0.2, 0.25) is 0 Å². The molecule has 0 aliphatic carbocycles. The molecule has 0 bridgehead atoms. The SMILES string of the molecule is CC(C)(C)S(=O)(=O)N1CCCC(CC(=O)O)C1. The van der Waals surface area contributed by atoms with Gasteiger partial charge in [-0.05, 0) is 39.5 Å². The highest BCUT2D eigenvalue weighted by Gasteiger charge is 2.37. The second-order valence-electron chi connectivity index (χ2n) is 5.58. The maximum atomic E-state index is 12.2. The first kappa shape index (κ1) is 14.4. The van der Waals surface area contributed by atoms with Gasteiger partial charge in [0.2, 0.25) is 10.0 Å². The summed E-state index contributed by atoms with van der Waals surface area (Å²) in [6.45, 7) is 5.86. The van der Waals surface area contributed by atoms with Crippen molar-refractivity contribution in [3.05, 3.63) is 0 Å². The smallest absolute Gasteiger partial charge is 0.303 e. The second kappa shape index (κ2) is 4.94. The van der Waals surface area contributed by atoms with Crippen molar-refractivity contribution < 1.29 is 18.3 Å². The first-order chi connectivity index (χ1) is 7.64. The minimum Gasteiger partial charge on any atom is -0.481 e. The van der Waals surface area contributed by atoms with Gasteiger partial charge in [0.15, 0.2) is 0 Å². The average Bonchev–Trinajstić information content (AvgIpc) is 2.15. The lowest BCUT2D eigenvalue weighted by Crippen LogP contribution is -2.47. The molecular formula is C11H21NO4S. The Morgan fingerprint density at radius 3 is 2.47 bits per heavy atom. The summed E-state index contributed by atoms with van der Waals surface area (Å²) < 4.78 is 25.1. The monoisotopic (exact) mass is 263 g/mol. The fourth-order valence-electron chi connectivity index (χ4n) is 2.05. The Hall–Kier alpha value is -0.620. The summed E-state index contributed by atoms with van der Waals surface area (Å²) in [5.74, 6) is -0.914. The van der Waals surface area contributed by atoms with Gasteiger partial charge in [-0.3, -0.25) is 4.79 Å². The van der Waals surface area contributed by atoms with Gasteiger partial charge in [0, 0.05) is 19.5 Å². The van der Waals surface area contributed by atoms with Crippen LogP contribution in [0.1, 0.15) is 40.0 Å². The molecule has 1 saturated heterocycles. The van der Waals surface area contributed by atoms with Crippen LogP contribution in [-0.2, 0) is 14.8 Å². The zero-order valence-corrected chi connectivity index (χ0v) is 11.5. The number of hydrogen-bond acceptors (Lipinski definition) is 3. The summed E-state index contributed by atoms with van der Waals surface area (Å²) >= 11 is 0. The van der Waals surface area contributed by atoms with Gasteiger partial charge in [-0.2, -0.15) is 0 Å². The molecule has 17 heavy (non-hydrogen) atoms. The lowest BCUT2D eigenvalue weighted by Gasteiger charge is -2.35. The van der Waals surface area contributed by atoms with Gasteiger partial charge in [0.1, 0.15) is 0 Å². The van der Waals surface area contributed by atoms with E-state index in [1.165, 1.54) is 4.31 Å². The molecule has 6 heteroatoms. The molecule has 1 N–H and O–H groups in total. The number of rotatable bonds is 3. The van der Waals surface area contributed by atoms with Crippen molar-refractivity contribution in [1.29, 1.82) is 0 Å². The maximum Gasteiger partial charge on any atom is 0.303 e. The van der Waals surface area contributed by atoms with E-state index in [0.717, 1.165) is 12.8 Å². The molecule has 100 valence electrons. The molecule has 1 atom stereocenters. The summed E-state index contributed by atoms with van der Waals surface area (Å²) in [7, 11) is -3.33. The summed E-state index contributed by atoms with van der Waals surface area (Å²) in [4.78, 5) is 10.7. The first-order valence-corrected chi connectivity index (χ1v) is 7.30. The molecule has 1 aliphatic rings. The molecule has 0 aromatic heterocycles. The van der Waals surface area contributed by atoms with Gasteiger partial charge >= 0.3 is 5.97 Å². The lowest BCUT2D eigenvalue weighted by atomic mass is 9.96. The van der Waals surface area contributed by atoms with Crippen LogP contribution in [0.15, 0.2) is 0 Å². The van der Waals surface area contributed by atoms with Crippen LogP contribution in [0, 0.1) is 5.92 Å². The number of nitrogens with zero attached hydrogens (tertiary/aromatic N) is 1. The van der Waals surface area contributed by atoms with E-state index in [0.29, 0.717) is 13.1 Å². The summed E-state index contributed by atoms with van der Waals surface area (Å²) in [5.41, 5.74) is 0. The van der Waals surface area contributed by atoms with Gasteiger partial charge in [-0.1, -0.05) is 0 Å². The molecule has 0 amide bonds. The fourth-order valence-corrected chi connectivity index (χ4v) is 3.60. The molecule has 0 radical (unpaired) electrons. The molecule has 1 heterocycles. The maximum absolute atomic E-state index is 12.2. The molecule has 1 aliphatic heterocycles. The first-order valence-electron chi connectivity index (χ1n) is 5.86. The van der Waals surface area contributed by atoms with Crippen molar-refractivity contribution >= 4 is 16.0 Å². The molecule has 0 saturated carbocycles. The molecule has 0 aromatic carbocycles. The van der Waals surface area contributed by atoms with Crippen molar-refractivity contribution in [2.24, 2.45) is 5.92 Å². The van der Waals surface area contributed by atoms with Gasteiger partial charge in [0.25, 0.3) is 0 Å². The van der Waals surface area contributed by atoms with E-state index in [9.17, 15) is 13.2 Å². The lowest BCUT2D eigenvalue weighted by molar-refractivity contribution is -0.138. The van der Waals surface area contributed by atoms with Crippen LogP contribution in [0.4, 0.5) is 0 Å². The molecule has 0 aromatic rings. The number of hydrogen-bond donors (Lipinski definition) is 1. The molecule has 1 fully saturated rings. The number of piperidine rings is 1. The van der Waals surface area contributed by atoms with Gasteiger partial charge in [-0.15, -0.1) is 0 Å². The van der Waals surface area contributed by atoms with Crippen LogP contribution in [-0.4, -0.2) is 41.6 Å². The van der Waals surface area contributed by atoms with E-state index in [-0.39, 0.29) is 12.3 Å². The van der Waals surface area contributed by atoms with E-state index >= 15 is 0 Å². The Kier molecular flexibility index (Phi) is 4.19. The zero-order chi connectivity index (χ0) is 13.3. The molecule has 1 rings (SSSR count). The summed E-state index contributed by atoms with van der Waals surface area (Å²) in [6.07, 6.45) is 1.59.